The van der Waals surface area contributed by atoms with Gasteiger partial charge in [0.25, 0.3) is 0 Å². The number of amides is 1. The van der Waals surface area contributed by atoms with E-state index in [2.05, 4.69) is 75.9 Å². The van der Waals surface area contributed by atoms with Crippen molar-refractivity contribution >= 4 is 17.4 Å². The second-order valence-electron chi connectivity index (χ2n) is 8.70. The molecule has 0 saturated carbocycles. The quantitative estimate of drug-likeness (QED) is 0.630. The van der Waals surface area contributed by atoms with Crippen LogP contribution in [0.4, 0.5) is 5.82 Å². The number of fused-ring (bicyclic) bond motifs is 1. The third kappa shape index (κ3) is 4.84. The van der Waals surface area contributed by atoms with Crippen molar-refractivity contribution in [3.63, 3.8) is 0 Å². The number of anilines is 1. The SMILES string of the molecule is CCCc1ccc([C@H](NC(=O)C2CCN(c3ccc4nnnn4n3)CC2)C(C)C)cc1. The molecule has 1 fully saturated rings. The number of rotatable bonds is 7. The third-order valence-corrected chi connectivity index (χ3v) is 6.09. The highest BCUT2D eigenvalue weighted by Gasteiger charge is 2.28. The fourth-order valence-corrected chi connectivity index (χ4v) is 4.27. The van der Waals surface area contributed by atoms with Crippen molar-refractivity contribution in [3.8, 4) is 0 Å². The Kier molecular flexibility index (Phi) is 6.44. The van der Waals surface area contributed by atoms with E-state index in [4.69, 9.17) is 0 Å². The lowest BCUT2D eigenvalue weighted by Crippen LogP contribution is -2.42. The Morgan fingerprint density at radius 1 is 1.13 bits per heavy atom. The van der Waals surface area contributed by atoms with E-state index in [1.807, 2.05) is 12.1 Å². The van der Waals surface area contributed by atoms with E-state index < -0.39 is 0 Å². The van der Waals surface area contributed by atoms with E-state index >= 15 is 0 Å². The Labute approximate surface area is 183 Å². The van der Waals surface area contributed by atoms with Crippen molar-refractivity contribution in [2.24, 2.45) is 11.8 Å². The molecule has 164 valence electrons. The molecule has 8 heteroatoms. The first-order chi connectivity index (χ1) is 15.0. The number of piperidine rings is 1. The van der Waals surface area contributed by atoms with Gasteiger partial charge in [-0.05, 0) is 58.9 Å². The first kappa shape index (κ1) is 21.2. The predicted octanol–water partition coefficient (Wildman–Crippen LogP) is 3.20. The lowest BCUT2D eigenvalue weighted by Gasteiger charge is -2.33. The van der Waals surface area contributed by atoms with Crippen LogP contribution >= 0.6 is 0 Å². The van der Waals surface area contributed by atoms with Crippen LogP contribution in [0.3, 0.4) is 0 Å². The van der Waals surface area contributed by atoms with Crippen molar-refractivity contribution in [3.05, 3.63) is 47.5 Å². The average Bonchev–Trinajstić information content (AvgIpc) is 3.26. The van der Waals surface area contributed by atoms with E-state index in [1.165, 1.54) is 15.8 Å². The Morgan fingerprint density at radius 2 is 1.87 bits per heavy atom. The van der Waals surface area contributed by atoms with Gasteiger partial charge in [-0.15, -0.1) is 14.8 Å². The molecule has 1 amide bonds. The van der Waals surface area contributed by atoms with E-state index in [1.54, 1.807) is 0 Å². The predicted molar refractivity (Wildman–Crippen MR) is 120 cm³/mol. The van der Waals surface area contributed by atoms with E-state index in [0.29, 0.717) is 11.6 Å². The lowest BCUT2D eigenvalue weighted by atomic mass is 9.91. The van der Waals surface area contributed by atoms with Gasteiger partial charge in [-0.2, -0.15) is 0 Å². The Balaban J connectivity index is 1.36. The number of aromatic nitrogens is 5. The maximum absolute atomic E-state index is 13.1. The first-order valence-corrected chi connectivity index (χ1v) is 11.2. The van der Waals surface area contributed by atoms with Crippen LogP contribution in [0.15, 0.2) is 36.4 Å². The fourth-order valence-electron chi connectivity index (χ4n) is 4.27. The summed E-state index contributed by atoms with van der Waals surface area (Å²) in [7, 11) is 0. The van der Waals surface area contributed by atoms with Gasteiger partial charge in [0, 0.05) is 19.0 Å². The topological polar surface area (TPSA) is 88.3 Å². The molecular formula is C23H31N7O. The Bertz CT molecular complexity index is 1010. The first-order valence-electron chi connectivity index (χ1n) is 11.2. The van der Waals surface area contributed by atoms with Crippen molar-refractivity contribution in [1.82, 2.24) is 30.6 Å². The number of hydrogen-bond acceptors (Lipinski definition) is 6. The number of carbonyl (C=O) groups excluding carboxylic acids is 1. The summed E-state index contributed by atoms with van der Waals surface area (Å²) in [4.78, 5) is 15.3. The second-order valence-corrected chi connectivity index (χ2v) is 8.70. The lowest BCUT2D eigenvalue weighted by molar-refractivity contribution is -0.126. The van der Waals surface area contributed by atoms with Crippen molar-refractivity contribution in [1.29, 1.82) is 0 Å². The van der Waals surface area contributed by atoms with Gasteiger partial charge in [0.15, 0.2) is 11.5 Å². The zero-order valence-electron chi connectivity index (χ0n) is 18.5. The normalized spacial score (nSPS) is 16.1. The van der Waals surface area contributed by atoms with E-state index in [0.717, 1.165) is 44.6 Å². The van der Waals surface area contributed by atoms with Crippen molar-refractivity contribution in [2.45, 2.75) is 52.5 Å². The van der Waals surface area contributed by atoms with Crippen LogP contribution in [-0.4, -0.2) is 44.3 Å². The number of hydrogen-bond donors (Lipinski definition) is 1. The van der Waals surface area contributed by atoms with Crippen LogP contribution in [0, 0.1) is 11.8 Å². The molecule has 1 N–H and O–H groups in total. The summed E-state index contributed by atoms with van der Waals surface area (Å²) in [6.07, 6.45) is 3.84. The second kappa shape index (κ2) is 9.41. The standard InChI is InChI=1S/C23H31N7O/c1-4-5-17-6-8-18(9-7-17)22(16(2)3)24-23(31)19-12-14-29(15-13-19)21-11-10-20-25-27-28-30(20)26-21/h6-11,16,19,22H,4-5,12-15H2,1-3H3,(H,24,31)/t22-/m1/s1. The molecule has 4 rings (SSSR count). The molecule has 1 aromatic carbocycles. The number of nitrogens with one attached hydrogen (secondary N) is 1. The van der Waals surface area contributed by atoms with Gasteiger partial charge in [-0.3, -0.25) is 4.79 Å². The molecule has 0 unspecified atom stereocenters. The van der Waals surface area contributed by atoms with Crippen molar-refractivity contribution in [2.75, 3.05) is 18.0 Å². The van der Waals surface area contributed by atoms with Gasteiger partial charge in [0.2, 0.25) is 5.91 Å². The Morgan fingerprint density at radius 3 is 2.55 bits per heavy atom. The smallest absolute Gasteiger partial charge is 0.223 e. The average molecular weight is 422 g/mol. The molecule has 31 heavy (non-hydrogen) atoms. The molecule has 3 aromatic rings. The molecule has 1 aliphatic rings. The van der Waals surface area contributed by atoms with Crippen molar-refractivity contribution < 1.29 is 4.79 Å². The number of carbonyl (C=O) groups is 1. The van der Waals surface area contributed by atoms with Crippen LogP contribution in [-0.2, 0) is 11.2 Å². The van der Waals surface area contributed by atoms with Crippen LogP contribution in [0.2, 0.25) is 0 Å². The fraction of sp³-hybridized carbons (Fsp3) is 0.522. The zero-order chi connectivity index (χ0) is 21.8. The minimum Gasteiger partial charge on any atom is -0.355 e. The molecule has 0 aliphatic carbocycles. The molecule has 0 radical (unpaired) electrons. The summed E-state index contributed by atoms with van der Waals surface area (Å²) in [6, 6.07) is 12.5. The molecule has 1 atom stereocenters. The summed E-state index contributed by atoms with van der Waals surface area (Å²) < 4.78 is 1.44. The van der Waals surface area contributed by atoms with E-state index in [9.17, 15) is 4.79 Å². The van der Waals surface area contributed by atoms with Gasteiger partial charge in [0.1, 0.15) is 0 Å². The number of aryl methyl sites for hydroxylation is 1. The maximum Gasteiger partial charge on any atom is 0.223 e. The summed E-state index contributed by atoms with van der Waals surface area (Å²) in [6.45, 7) is 8.09. The molecule has 1 saturated heterocycles. The summed E-state index contributed by atoms with van der Waals surface area (Å²) in [5, 5.41) is 19.2. The highest BCUT2D eigenvalue weighted by atomic mass is 16.2. The van der Waals surface area contributed by atoms with Gasteiger partial charge in [0.05, 0.1) is 6.04 Å². The van der Waals surface area contributed by atoms with Crippen LogP contribution in [0.25, 0.3) is 5.65 Å². The maximum atomic E-state index is 13.1. The summed E-state index contributed by atoms with van der Waals surface area (Å²) in [5.41, 5.74) is 3.15. The van der Waals surface area contributed by atoms with Crippen LogP contribution < -0.4 is 10.2 Å². The van der Waals surface area contributed by atoms with E-state index in [-0.39, 0.29) is 17.9 Å². The highest BCUT2D eigenvalue weighted by Crippen LogP contribution is 2.26. The van der Waals surface area contributed by atoms with Crippen LogP contribution in [0.5, 0.6) is 0 Å². The van der Waals surface area contributed by atoms with Gasteiger partial charge in [-0.25, -0.2) is 0 Å². The molecule has 0 bridgehead atoms. The molecule has 0 spiro atoms. The number of nitrogens with zero attached hydrogens (tertiary/aromatic N) is 6. The van der Waals surface area contributed by atoms with Crippen LogP contribution in [0.1, 0.15) is 57.2 Å². The minimum atomic E-state index is 0.0219. The third-order valence-electron chi connectivity index (χ3n) is 6.09. The molecular weight excluding hydrogens is 390 g/mol. The largest absolute Gasteiger partial charge is 0.355 e. The molecule has 2 aromatic heterocycles. The number of tetrazole rings is 1. The Hall–Kier alpha value is -3.03. The van der Waals surface area contributed by atoms with Gasteiger partial charge in [-0.1, -0.05) is 51.5 Å². The highest BCUT2D eigenvalue weighted by molar-refractivity contribution is 5.79. The summed E-state index contributed by atoms with van der Waals surface area (Å²) in [5.74, 6) is 1.34. The van der Waals surface area contributed by atoms with Gasteiger partial charge < -0.3 is 10.2 Å². The molecule has 3 heterocycles. The number of benzene rings is 1. The molecule has 8 nitrogen and oxygen atoms in total. The summed E-state index contributed by atoms with van der Waals surface area (Å²) >= 11 is 0. The van der Waals surface area contributed by atoms with Gasteiger partial charge >= 0.3 is 0 Å². The minimum absolute atomic E-state index is 0.0219. The molecule has 1 aliphatic heterocycles. The zero-order valence-corrected chi connectivity index (χ0v) is 18.5. The monoisotopic (exact) mass is 421 g/mol.